The lowest BCUT2D eigenvalue weighted by Crippen LogP contribution is -2.37. The summed E-state index contributed by atoms with van der Waals surface area (Å²) in [6, 6.07) is 19.0. The van der Waals surface area contributed by atoms with Crippen LogP contribution in [-0.2, 0) is 0 Å². The Balaban J connectivity index is 1.73. The van der Waals surface area contributed by atoms with Crippen molar-refractivity contribution in [1.82, 2.24) is 10.2 Å². The summed E-state index contributed by atoms with van der Waals surface area (Å²) in [6.07, 6.45) is 14.2. The fourth-order valence-corrected chi connectivity index (χ4v) is 5.77. The van der Waals surface area contributed by atoms with Crippen molar-refractivity contribution in [2.75, 3.05) is 7.05 Å². The normalized spacial score (nSPS) is 19.8. The molecule has 0 bridgehead atoms. The molecule has 0 atom stereocenters. The van der Waals surface area contributed by atoms with Gasteiger partial charge in [0.1, 0.15) is 11.6 Å². The third kappa shape index (κ3) is 5.03. The van der Waals surface area contributed by atoms with Gasteiger partial charge >= 0.3 is 0 Å². The highest BCUT2D eigenvalue weighted by Gasteiger charge is 2.32. The van der Waals surface area contributed by atoms with Crippen LogP contribution in [-0.4, -0.2) is 11.9 Å². The van der Waals surface area contributed by atoms with Gasteiger partial charge < -0.3 is 15.1 Å². The molecule has 2 aromatic carbocycles. The molecular formula is C33H39N3O. The van der Waals surface area contributed by atoms with E-state index in [1.165, 1.54) is 75.5 Å². The first-order valence-electron chi connectivity index (χ1n) is 13.7. The summed E-state index contributed by atoms with van der Waals surface area (Å²) < 4.78 is 0. The number of allylic oxidation sites excluding steroid dienone is 8. The second-order valence-electron chi connectivity index (χ2n) is 10.2. The van der Waals surface area contributed by atoms with E-state index in [0.717, 1.165) is 32.1 Å². The van der Waals surface area contributed by atoms with E-state index in [2.05, 4.69) is 85.7 Å². The van der Waals surface area contributed by atoms with Gasteiger partial charge in [0, 0.05) is 23.9 Å². The average molecular weight is 494 g/mol. The third-order valence-corrected chi connectivity index (χ3v) is 7.77. The van der Waals surface area contributed by atoms with E-state index >= 15 is 0 Å². The van der Waals surface area contributed by atoms with E-state index in [1.807, 2.05) is 12.1 Å². The fraction of sp³-hybridized carbons (Fsp3) is 0.333. The van der Waals surface area contributed by atoms with Crippen LogP contribution in [0.15, 0.2) is 101 Å². The highest BCUT2D eigenvalue weighted by atomic mass is 16.6. The standard InChI is InChI=1S/C33H39N3O/c1-4-12-29(24-13-7-5-8-14-24)31(25-15-9-6-10-16-25)33-35-23(2)30(26-19-21-28(37-34)22-20-26)32(36(33)3)27-17-11-18-27/h5,7-8,12-15,19-22,35H,4,6,9-11,16-18,34H2,1-3H3/b29-12-,33-31-. The van der Waals surface area contributed by atoms with E-state index in [1.54, 1.807) is 0 Å². The van der Waals surface area contributed by atoms with Crippen LogP contribution in [0.5, 0.6) is 5.75 Å². The van der Waals surface area contributed by atoms with Crippen molar-refractivity contribution in [2.45, 2.75) is 65.2 Å². The van der Waals surface area contributed by atoms with Gasteiger partial charge in [0.25, 0.3) is 0 Å². The minimum absolute atomic E-state index is 0.668. The first-order valence-corrected chi connectivity index (χ1v) is 13.7. The fourth-order valence-electron chi connectivity index (χ4n) is 5.77. The number of hydrogen-bond acceptors (Lipinski definition) is 4. The zero-order chi connectivity index (χ0) is 25.8. The SMILES string of the molecule is CC/C=C(\C(C1=CCCCC1)=C1\NC(C)=C(c2ccc(ON)cc2)C(=C2CCC2)N1C)c1ccccc1. The number of nitrogens with two attached hydrogens (primary N) is 1. The molecule has 4 nitrogen and oxygen atoms in total. The number of hydrogen-bond donors (Lipinski definition) is 2. The Bertz CT molecular complexity index is 1290. The second-order valence-corrected chi connectivity index (χ2v) is 10.2. The minimum Gasteiger partial charge on any atom is -0.412 e. The molecule has 3 N–H and O–H groups in total. The molecule has 2 aliphatic carbocycles. The summed E-state index contributed by atoms with van der Waals surface area (Å²) in [5.41, 5.74) is 11.9. The Kier molecular flexibility index (Phi) is 7.66. The molecule has 0 saturated heterocycles. The van der Waals surface area contributed by atoms with E-state index in [0.29, 0.717) is 5.75 Å². The summed E-state index contributed by atoms with van der Waals surface area (Å²) in [7, 11) is 2.24. The lowest BCUT2D eigenvalue weighted by molar-refractivity contribution is 0.334. The molecule has 0 amide bonds. The highest BCUT2D eigenvalue weighted by Crippen LogP contribution is 2.45. The summed E-state index contributed by atoms with van der Waals surface area (Å²) in [6.45, 7) is 4.45. The van der Waals surface area contributed by atoms with Gasteiger partial charge in [-0.15, -0.1) is 0 Å². The lowest BCUT2D eigenvalue weighted by atomic mass is 9.82. The largest absolute Gasteiger partial charge is 0.412 e. The van der Waals surface area contributed by atoms with Crippen LogP contribution in [0.25, 0.3) is 11.1 Å². The van der Waals surface area contributed by atoms with Crippen LogP contribution in [0.1, 0.15) is 76.3 Å². The number of nitrogens with zero attached hydrogens (tertiary/aromatic N) is 1. The number of nitrogens with one attached hydrogen (secondary N) is 1. The van der Waals surface area contributed by atoms with Crippen molar-refractivity contribution >= 4 is 11.1 Å². The molecule has 1 heterocycles. The Morgan fingerprint density at radius 3 is 2.35 bits per heavy atom. The molecule has 2 aromatic rings. The highest BCUT2D eigenvalue weighted by molar-refractivity contribution is 5.88. The topological polar surface area (TPSA) is 50.5 Å². The molecule has 3 aliphatic rings. The molecule has 37 heavy (non-hydrogen) atoms. The van der Waals surface area contributed by atoms with E-state index < -0.39 is 0 Å². The molecule has 0 spiro atoms. The Labute approximate surface area is 221 Å². The van der Waals surface area contributed by atoms with E-state index in [9.17, 15) is 0 Å². The molecular weight excluding hydrogens is 454 g/mol. The minimum atomic E-state index is 0.668. The van der Waals surface area contributed by atoms with Crippen molar-refractivity contribution in [3.05, 3.63) is 112 Å². The van der Waals surface area contributed by atoms with Crippen LogP contribution in [0, 0.1) is 0 Å². The van der Waals surface area contributed by atoms with Crippen LogP contribution in [0.2, 0.25) is 0 Å². The second kappa shape index (κ2) is 11.3. The van der Waals surface area contributed by atoms with E-state index in [4.69, 9.17) is 10.7 Å². The van der Waals surface area contributed by atoms with Gasteiger partial charge in [0.2, 0.25) is 0 Å². The summed E-state index contributed by atoms with van der Waals surface area (Å²) >= 11 is 0. The molecule has 1 aliphatic heterocycles. The molecule has 1 saturated carbocycles. The average Bonchev–Trinajstić information content (AvgIpc) is 2.91. The Morgan fingerprint density at radius 2 is 1.76 bits per heavy atom. The smallest absolute Gasteiger partial charge is 0.146 e. The maximum atomic E-state index is 5.40. The van der Waals surface area contributed by atoms with Crippen molar-refractivity contribution in [2.24, 2.45) is 5.90 Å². The van der Waals surface area contributed by atoms with Gasteiger partial charge in [-0.05, 0) is 98.3 Å². The summed E-state index contributed by atoms with van der Waals surface area (Å²) in [5.74, 6) is 7.26. The van der Waals surface area contributed by atoms with Crippen LogP contribution in [0.4, 0.5) is 0 Å². The number of likely N-dealkylation sites (N-methyl/N-ethyl adjacent to an activating group) is 1. The molecule has 1 fully saturated rings. The quantitative estimate of drug-likeness (QED) is 0.402. The first kappa shape index (κ1) is 25.2. The zero-order valence-electron chi connectivity index (χ0n) is 22.4. The van der Waals surface area contributed by atoms with Gasteiger partial charge in [-0.1, -0.05) is 61.5 Å². The van der Waals surface area contributed by atoms with Crippen molar-refractivity contribution in [1.29, 1.82) is 0 Å². The van der Waals surface area contributed by atoms with Gasteiger partial charge in [-0.3, -0.25) is 0 Å². The molecule has 0 unspecified atom stereocenters. The van der Waals surface area contributed by atoms with Crippen molar-refractivity contribution < 1.29 is 4.84 Å². The monoisotopic (exact) mass is 493 g/mol. The Hall–Kier alpha value is -3.50. The van der Waals surface area contributed by atoms with Crippen LogP contribution in [0.3, 0.4) is 0 Å². The van der Waals surface area contributed by atoms with Gasteiger partial charge in [-0.25, -0.2) is 0 Å². The molecule has 0 radical (unpaired) electrons. The van der Waals surface area contributed by atoms with E-state index in [-0.39, 0.29) is 0 Å². The first-order chi connectivity index (χ1) is 18.1. The number of rotatable bonds is 6. The van der Waals surface area contributed by atoms with Crippen LogP contribution >= 0.6 is 0 Å². The lowest BCUT2D eigenvalue weighted by Gasteiger charge is -2.40. The zero-order valence-corrected chi connectivity index (χ0v) is 22.4. The molecule has 0 aromatic heterocycles. The van der Waals surface area contributed by atoms with Gasteiger partial charge in [0.05, 0.1) is 5.70 Å². The summed E-state index contributed by atoms with van der Waals surface area (Å²) in [5, 5.41) is 3.90. The third-order valence-electron chi connectivity index (χ3n) is 7.77. The predicted molar refractivity (Wildman–Crippen MR) is 154 cm³/mol. The molecule has 192 valence electrons. The predicted octanol–water partition coefficient (Wildman–Crippen LogP) is 7.85. The Morgan fingerprint density at radius 1 is 1.00 bits per heavy atom. The molecule has 4 heteroatoms. The van der Waals surface area contributed by atoms with Gasteiger partial charge in [-0.2, -0.15) is 5.90 Å². The molecule has 5 rings (SSSR count). The van der Waals surface area contributed by atoms with Gasteiger partial charge in [0.15, 0.2) is 0 Å². The maximum absolute atomic E-state index is 5.40. The van der Waals surface area contributed by atoms with Crippen molar-refractivity contribution in [3.63, 3.8) is 0 Å². The number of benzene rings is 2. The summed E-state index contributed by atoms with van der Waals surface area (Å²) in [4.78, 5) is 7.38. The van der Waals surface area contributed by atoms with Crippen molar-refractivity contribution in [3.8, 4) is 5.75 Å². The van der Waals surface area contributed by atoms with Crippen LogP contribution < -0.4 is 16.1 Å². The maximum Gasteiger partial charge on any atom is 0.146 e.